The number of carboxylic acids is 1. The summed E-state index contributed by atoms with van der Waals surface area (Å²) in [6.45, 7) is 2.34. The number of hydrogen-bond donors (Lipinski definition) is 1. The summed E-state index contributed by atoms with van der Waals surface area (Å²) in [5.41, 5.74) is 0. The van der Waals surface area contributed by atoms with Crippen molar-refractivity contribution in [3.8, 4) is 0 Å². The van der Waals surface area contributed by atoms with Crippen molar-refractivity contribution in [3.05, 3.63) is 0 Å². The first-order valence-electron chi connectivity index (χ1n) is 3.48. The fourth-order valence-electron chi connectivity index (χ4n) is 0.550. The Kier molecular flexibility index (Phi) is 5.37. The summed E-state index contributed by atoms with van der Waals surface area (Å²) in [6, 6.07) is 0. The van der Waals surface area contributed by atoms with Gasteiger partial charge in [0.2, 0.25) is 0 Å². The number of carboxylic acid groups (broad SMARTS) is 1. The zero-order valence-corrected chi connectivity index (χ0v) is 6.50. The zero-order valence-electron chi connectivity index (χ0n) is 6.50. The highest BCUT2D eigenvalue weighted by Crippen LogP contribution is 1.86. The first kappa shape index (κ1) is 10.1. The van der Waals surface area contributed by atoms with Gasteiger partial charge in [0.25, 0.3) is 0 Å². The third-order valence-electron chi connectivity index (χ3n) is 0.960. The quantitative estimate of drug-likeness (QED) is 0.452. The van der Waals surface area contributed by atoms with Crippen molar-refractivity contribution in [2.45, 2.75) is 19.8 Å². The van der Waals surface area contributed by atoms with E-state index in [2.05, 4.69) is 0 Å². The van der Waals surface area contributed by atoms with E-state index in [1.165, 1.54) is 0 Å². The van der Waals surface area contributed by atoms with Gasteiger partial charge in [0.15, 0.2) is 5.78 Å². The SMILES string of the molecule is CCCOCC(=O)CC(=O)O. The first-order chi connectivity index (χ1) is 5.16. The van der Waals surface area contributed by atoms with Gasteiger partial charge in [-0.25, -0.2) is 0 Å². The molecule has 0 bridgehead atoms. The Hall–Kier alpha value is -0.900. The van der Waals surface area contributed by atoms with Gasteiger partial charge in [0.05, 0.1) is 0 Å². The third kappa shape index (κ3) is 6.99. The standard InChI is InChI=1S/C7H12O4/c1-2-3-11-5-6(8)4-7(9)10/h2-5H2,1H3,(H,9,10). The van der Waals surface area contributed by atoms with Crippen LogP contribution >= 0.6 is 0 Å². The second-order valence-electron chi connectivity index (χ2n) is 2.16. The Balaban J connectivity index is 3.30. The molecule has 0 heterocycles. The van der Waals surface area contributed by atoms with Gasteiger partial charge < -0.3 is 9.84 Å². The molecule has 0 aliphatic heterocycles. The summed E-state index contributed by atoms with van der Waals surface area (Å²) >= 11 is 0. The average Bonchev–Trinajstić information content (AvgIpc) is 1.86. The Morgan fingerprint density at radius 2 is 2.09 bits per heavy atom. The number of carbonyl (C=O) groups excluding carboxylic acids is 1. The van der Waals surface area contributed by atoms with Crippen LogP contribution in [-0.4, -0.2) is 30.1 Å². The molecule has 0 amide bonds. The van der Waals surface area contributed by atoms with Crippen LogP contribution in [0.5, 0.6) is 0 Å². The summed E-state index contributed by atoms with van der Waals surface area (Å²) in [4.78, 5) is 20.6. The van der Waals surface area contributed by atoms with E-state index in [9.17, 15) is 9.59 Å². The molecule has 0 aromatic rings. The fourth-order valence-corrected chi connectivity index (χ4v) is 0.550. The van der Waals surface area contributed by atoms with E-state index in [1.807, 2.05) is 6.92 Å². The van der Waals surface area contributed by atoms with Crippen LogP contribution in [0.2, 0.25) is 0 Å². The summed E-state index contributed by atoms with van der Waals surface area (Å²) in [7, 11) is 0. The molecule has 0 unspecified atom stereocenters. The molecule has 0 spiro atoms. The highest BCUT2D eigenvalue weighted by molar-refractivity contribution is 5.95. The Morgan fingerprint density at radius 1 is 1.45 bits per heavy atom. The van der Waals surface area contributed by atoms with Gasteiger partial charge >= 0.3 is 5.97 Å². The van der Waals surface area contributed by atoms with E-state index in [1.54, 1.807) is 0 Å². The van der Waals surface area contributed by atoms with Crippen molar-refractivity contribution in [2.24, 2.45) is 0 Å². The van der Waals surface area contributed by atoms with Gasteiger partial charge in [-0.05, 0) is 6.42 Å². The van der Waals surface area contributed by atoms with Crippen molar-refractivity contribution < 1.29 is 19.4 Å². The number of ether oxygens (including phenoxy) is 1. The first-order valence-corrected chi connectivity index (χ1v) is 3.48. The molecule has 64 valence electrons. The van der Waals surface area contributed by atoms with Crippen molar-refractivity contribution in [1.82, 2.24) is 0 Å². The number of rotatable bonds is 6. The minimum atomic E-state index is -1.10. The largest absolute Gasteiger partial charge is 0.481 e. The highest BCUT2D eigenvalue weighted by Gasteiger charge is 2.06. The van der Waals surface area contributed by atoms with Crippen LogP contribution in [0, 0.1) is 0 Å². The molecule has 0 aliphatic rings. The lowest BCUT2D eigenvalue weighted by molar-refractivity contribution is -0.141. The minimum Gasteiger partial charge on any atom is -0.481 e. The number of aliphatic carboxylic acids is 1. The highest BCUT2D eigenvalue weighted by atomic mass is 16.5. The number of Topliss-reactive ketones (excluding diaryl/α,β-unsaturated/α-hetero) is 1. The number of hydrogen-bond acceptors (Lipinski definition) is 3. The van der Waals surface area contributed by atoms with E-state index in [-0.39, 0.29) is 12.4 Å². The molecule has 0 radical (unpaired) electrons. The molecule has 11 heavy (non-hydrogen) atoms. The van der Waals surface area contributed by atoms with Gasteiger partial charge in [-0.1, -0.05) is 6.92 Å². The molecule has 0 rings (SSSR count). The normalized spacial score (nSPS) is 9.55. The summed E-state index contributed by atoms with van der Waals surface area (Å²) in [5, 5.41) is 8.16. The third-order valence-corrected chi connectivity index (χ3v) is 0.960. The molecule has 1 N–H and O–H groups in total. The van der Waals surface area contributed by atoms with Crippen LogP contribution in [0.25, 0.3) is 0 Å². The molecule has 0 atom stereocenters. The molecule has 0 aromatic heterocycles. The van der Waals surface area contributed by atoms with Crippen LogP contribution in [-0.2, 0) is 14.3 Å². The molecule has 0 fully saturated rings. The maximum absolute atomic E-state index is 10.6. The molecule has 0 aliphatic carbocycles. The summed E-state index contributed by atoms with van der Waals surface area (Å²) in [6.07, 6.45) is 0.393. The van der Waals surface area contributed by atoms with Crippen molar-refractivity contribution >= 4 is 11.8 Å². The van der Waals surface area contributed by atoms with E-state index in [0.29, 0.717) is 6.61 Å². The molecule has 4 heteroatoms. The molecule has 4 nitrogen and oxygen atoms in total. The van der Waals surface area contributed by atoms with Crippen LogP contribution in [0.3, 0.4) is 0 Å². The Bertz CT molecular complexity index is 141. The van der Waals surface area contributed by atoms with Gasteiger partial charge in [0, 0.05) is 6.61 Å². The summed E-state index contributed by atoms with van der Waals surface area (Å²) < 4.78 is 4.83. The number of carbonyl (C=O) groups is 2. The van der Waals surface area contributed by atoms with Crippen LogP contribution in [0.4, 0.5) is 0 Å². The second kappa shape index (κ2) is 5.85. The van der Waals surface area contributed by atoms with Gasteiger partial charge in [-0.2, -0.15) is 0 Å². The lowest BCUT2D eigenvalue weighted by Crippen LogP contribution is -2.13. The Morgan fingerprint density at radius 3 is 2.55 bits per heavy atom. The van der Waals surface area contributed by atoms with E-state index < -0.39 is 12.4 Å². The van der Waals surface area contributed by atoms with Crippen molar-refractivity contribution in [1.29, 1.82) is 0 Å². The van der Waals surface area contributed by atoms with Gasteiger partial charge in [0.1, 0.15) is 13.0 Å². The molecule has 0 aromatic carbocycles. The van der Waals surface area contributed by atoms with Crippen LogP contribution < -0.4 is 0 Å². The lowest BCUT2D eigenvalue weighted by Gasteiger charge is -1.98. The van der Waals surface area contributed by atoms with Crippen molar-refractivity contribution in [3.63, 3.8) is 0 Å². The van der Waals surface area contributed by atoms with Gasteiger partial charge in [-0.15, -0.1) is 0 Å². The van der Waals surface area contributed by atoms with Crippen LogP contribution in [0.15, 0.2) is 0 Å². The fraction of sp³-hybridized carbons (Fsp3) is 0.714. The van der Waals surface area contributed by atoms with E-state index in [4.69, 9.17) is 9.84 Å². The van der Waals surface area contributed by atoms with Crippen molar-refractivity contribution in [2.75, 3.05) is 13.2 Å². The van der Waals surface area contributed by atoms with Gasteiger partial charge in [-0.3, -0.25) is 9.59 Å². The summed E-state index contributed by atoms with van der Waals surface area (Å²) in [5.74, 6) is -1.49. The molecule has 0 saturated heterocycles. The topological polar surface area (TPSA) is 63.6 Å². The molecular weight excluding hydrogens is 148 g/mol. The number of ketones is 1. The molecular formula is C7H12O4. The lowest BCUT2D eigenvalue weighted by atomic mass is 10.3. The average molecular weight is 160 g/mol. The predicted molar refractivity (Wildman–Crippen MR) is 38.4 cm³/mol. The van der Waals surface area contributed by atoms with E-state index >= 15 is 0 Å². The molecule has 0 saturated carbocycles. The minimum absolute atomic E-state index is 0.0832. The van der Waals surface area contributed by atoms with E-state index in [0.717, 1.165) is 6.42 Å². The predicted octanol–water partition coefficient (Wildman–Crippen LogP) is 0.457. The maximum Gasteiger partial charge on any atom is 0.310 e. The second-order valence-corrected chi connectivity index (χ2v) is 2.16. The Labute approximate surface area is 65.2 Å². The maximum atomic E-state index is 10.6. The smallest absolute Gasteiger partial charge is 0.310 e. The zero-order chi connectivity index (χ0) is 8.69. The monoisotopic (exact) mass is 160 g/mol. The van der Waals surface area contributed by atoms with Crippen LogP contribution in [0.1, 0.15) is 19.8 Å².